The molecule has 29 heavy (non-hydrogen) atoms. The first-order valence-corrected chi connectivity index (χ1v) is 18.9. The number of para-hydroxylation sites is 1. The van der Waals surface area contributed by atoms with E-state index in [1.807, 2.05) is 12.1 Å². The van der Waals surface area contributed by atoms with E-state index >= 15 is 0 Å². The SMILES string of the molecule is CC(=O)C(=C1SCCS1)C1C(=C2SCCS2)[N+]([O-])(O)c2ccccc21.[Cl][Ti]([Cl])[Cl]. The second kappa shape index (κ2) is 10.9. The molecule has 0 bridgehead atoms. The van der Waals surface area contributed by atoms with E-state index in [4.69, 9.17) is 27.9 Å². The minimum absolute atomic E-state index is 0.0234. The molecule has 1 aromatic rings. The molecule has 3 aliphatic rings. The Hall–Kier alpha value is 1.23. The molecule has 0 aromatic heterocycles. The van der Waals surface area contributed by atoms with E-state index in [1.54, 1.807) is 66.1 Å². The predicted octanol–water partition coefficient (Wildman–Crippen LogP) is 6.97. The molecule has 3 aliphatic heterocycles. The summed E-state index contributed by atoms with van der Waals surface area (Å²) in [4.78, 5) is 11.1. The van der Waals surface area contributed by atoms with E-state index in [9.17, 15) is 15.2 Å². The number of benzene rings is 1. The van der Waals surface area contributed by atoms with Crippen molar-refractivity contribution in [2.45, 2.75) is 12.8 Å². The van der Waals surface area contributed by atoms with Crippen LogP contribution in [0.5, 0.6) is 0 Å². The number of ketones is 1. The van der Waals surface area contributed by atoms with Gasteiger partial charge in [0.25, 0.3) is 0 Å². The molecule has 1 N–H and O–H groups in total. The zero-order valence-corrected chi connectivity index (χ0v) is 22.3. The zero-order valence-electron chi connectivity index (χ0n) is 15.2. The molecule has 0 saturated carbocycles. The number of hydrogen-bond donors (Lipinski definition) is 1. The fourth-order valence-corrected chi connectivity index (χ4v) is 8.74. The van der Waals surface area contributed by atoms with Gasteiger partial charge in [-0.2, -0.15) is 4.81 Å². The van der Waals surface area contributed by atoms with E-state index in [1.165, 1.54) is 0 Å². The Morgan fingerprint density at radius 1 is 1.10 bits per heavy atom. The minimum atomic E-state index is -1.92. The van der Waals surface area contributed by atoms with Crippen molar-refractivity contribution in [1.29, 1.82) is 0 Å². The van der Waals surface area contributed by atoms with Gasteiger partial charge >= 0.3 is 42.6 Å². The molecular weight excluding hydrogens is 549 g/mol. The molecule has 4 nitrogen and oxygen atoms in total. The van der Waals surface area contributed by atoms with Crippen molar-refractivity contribution < 1.29 is 24.7 Å². The summed E-state index contributed by atoms with van der Waals surface area (Å²) in [6, 6.07) is 7.17. The molecule has 2 atom stereocenters. The number of thioether (sulfide) groups is 4. The molecule has 2 fully saturated rings. The molecular formula is C17H17Cl3NO3S4Ti. The van der Waals surface area contributed by atoms with Gasteiger partial charge in [0.05, 0.1) is 0 Å². The molecule has 157 valence electrons. The summed E-state index contributed by atoms with van der Waals surface area (Å²) in [5.74, 6) is 3.29. The first-order chi connectivity index (χ1) is 13.7. The molecule has 1 aromatic carbocycles. The van der Waals surface area contributed by atoms with Gasteiger partial charge in [0.15, 0.2) is 17.2 Å². The van der Waals surface area contributed by atoms with Crippen LogP contribution in [0.2, 0.25) is 0 Å². The zero-order chi connectivity index (χ0) is 21.2. The van der Waals surface area contributed by atoms with Gasteiger partial charge in [0.2, 0.25) is 0 Å². The molecule has 4 rings (SSSR count). The number of nitrogens with zero attached hydrogens (tertiary/aromatic N) is 1. The van der Waals surface area contributed by atoms with Gasteiger partial charge < -0.3 is 5.21 Å². The topological polar surface area (TPSA) is 60.4 Å². The van der Waals surface area contributed by atoms with Crippen molar-refractivity contribution in [3.05, 3.63) is 54.8 Å². The van der Waals surface area contributed by atoms with E-state index in [0.29, 0.717) is 17.0 Å². The molecule has 2 saturated heterocycles. The number of carbonyl (C=O) groups is 1. The van der Waals surface area contributed by atoms with Gasteiger partial charge in [-0.1, -0.05) is 18.2 Å². The van der Waals surface area contributed by atoms with Crippen molar-refractivity contribution in [2.75, 3.05) is 23.0 Å². The number of allylic oxidation sites excluding steroid dienone is 1. The van der Waals surface area contributed by atoms with E-state index in [2.05, 4.69) is 0 Å². The monoisotopic (exact) mass is 564 g/mol. The fourth-order valence-electron chi connectivity index (χ4n) is 3.38. The van der Waals surface area contributed by atoms with Gasteiger partial charge in [0.1, 0.15) is 10.2 Å². The van der Waals surface area contributed by atoms with E-state index in [0.717, 1.165) is 37.0 Å². The summed E-state index contributed by atoms with van der Waals surface area (Å²) < 4.78 is 1.87. The number of carbonyl (C=O) groups excluding carboxylic acids is 1. The second-order valence-corrected chi connectivity index (χ2v) is 18.8. The molecule has 0 spiro atoms. The molecule has 2 unspecified atom stereocenters. The Bertz CT molecular complexity index is 847. The average molecular weight is 566 g/mol. The summed E-state index contributed by atoms with van der Waals surface area (Å²) in [6.45, 7) is 1.57. The third kappa shape index (κ3) is 5.60. The Morgan fingerprint density at radius 3 is 2.17 bits per heavy atom. The number of halogens is 3. The fraction of sp³-hybridized carbons (Fsp3) is 0.353. The van der Waals surface area contributed by atoms with Gasteiger partial charge in [-0.25, -0.2) is 5.21 Å². The standard InChI is InChI=1S/C17H17NO3S4.3ClH.Ti/c1-10(19)13(16-22-6-7-23-16)14-11-4-2-3-5-12(11)18(20,21)15(14)17-24-8-9-25-17;;;;/h2-5,14,20H,6-9H2,1H3;3*1H;/q;;;;+3/p-3. The Morgan fingerprint density at radius 2 is 1.62 bits per heavy atom. The van der Waals surface area contributed by atoms with Gasteiger partial charge in [0, 0.05) is 44.5 Å². The van der Waals surface area contributed by atoms with Crippen molar-refractivity contribution in [3.8, 4) is 0 Å². The van der Waals surface area contributed by atoms with Crippen LogP contribution in [0.1, 0.15) is 18.4 Å². The normalized spacial score (nSPS) is 25.6. The summed E-state index contributed by atoms with van der Waals surface area (Å²) in [5, 5.41) is 24.1. The Labute approximate surface area is 204 Å². The first-order valence-electron chi connectivity index (χ1n) is 8.52. The van der Waals surface area contributed by atoms with Crippen LogP contribution in [0.25, 0.3) is 0 Å². The number of rotatable bonds is 2. The number of fused-ring (bicyclic) bond motifs is 1. The summed E-state index contributed by atoms with van der Waals surface area (Å²) in [5.41, 5.74) is 2.15. The summed E-state index contributed by atoms with van der Waals surface area (Å²) in [7, 11) is 14.9. The average Bonchev–Trinajstić information content (AvgIpc) is 3.37. The Kier molecular flexibility index (Phi) is 9.35. The van der Waals surface area contributed by atoms with Crippen LogP contribution >= 0.6 is 75.0 Å². The van der Waals surface area contributed by atoms with Crippen LogP contribution in [-0.2, 0) is 19.5 Å². The number of hydroxylamine groups is 2. The quantitative estimate of drug-likeness (QED) is 0.180. The maximum absolute atomic E-state index is 13.3. The molecule has 0 radical (unpaired) electrons. The summed E-state index contributed by atoms with van der Waals surface area (Å²) in [6.07, 6.45) is 0. The molecule has 3 heterocycles. The van der Waals surface area contributed by atoms with E-state index in [-0.39, 0.29) is 5.78 Å². The van der Waals surface area contributed by atoms with Crippen LogP contribution in [0.4, 0.5) is 5.69 Å². The number of Topliss-reactive ketones (excluding diaryl/α,β-unsaturated/α-hetero) is 1. The summed E-state index contributed by atoms with van der Waals surface area (Å²) >= 11 is 4.66. The van der Waals surface area contributed by atoms with E-state index < -0.39 is 25.4 Å². The Balaban J connectivity index is 0.000000552. The van der Waals surface area contributed by atoms with Crippen LogP contribution < -0.4 is 4.81 Å². The third-order valence-corrected chi connectivity index (χ3v) is 9.84. The van der Waals surface area contributed by atoms with Gasteiger partial charge in [-0.05, 0) is 6.92 Å². The molecule has 0 aliphatic carbocycles. The van der Waals surface area contributed by atoms with Crippen LogP contribution in [-0.4, -0.2) is 34.0 Å². The molecule has 0 amide bonds. The number of quaternary nitrogens is 1. The van der Waals surface area contributed by atoms with Crippen molar-refractivity contribution >= 4 is 86.4 Å². The first kappa shape index (κ1) is 24.9. The van der Waals surface area contributed by atoms with Crippen molar-refractivity contribution in [3.63, 3.8) is 0 Å². The van der Waals surface area contributed by atoms with Crippen molar-refractivity contribution in [2.24, 2.45) is 0 Å². The third-order valence-electron chi connectivity index (χ3n) is 4.37. The van der Waals surface area contributed by atoms with Crippen molar-refractivity contribution in [1.82, 2.24) is 4.81 Å². The van der Waals surface area contributed by atoms with Crippen LogP contribution in [0.15, 0.2) is 44.0 Å². The maximum atomic E-state index is 13.3. The second-order valence-electron chi connectivity index (χ2n) is 6.11. The molecule has 12 heteroatoms. The van der Waals surface area contributed by atoms with Gasteiger partial charge in [-0.15, -0.1) is 47.0 Å². The van der Waals surface area contributed by atoms with Crippen LogP contribution in [0, 0.1) is 5.21 Å². The van der Waals surface area contributed by atoms with Crippen LogP contribution in [0.3, 0.4) is 0 Å². The predicted molar refractivity (Wildman–Crippen MR) is 128 cm³/mol. The van der Waals surface area contributed by atoms with Gasteiger partial charge in [-0.3, -0.25) is 4.79 Å². The number of hydrogen-bond acceptors (Lipinski definition) is 7.